The van der Waals surface area contributed by atoms with Crippen LogP contribution in [-0.4, -0.2) is 29.4 Å². The van der Waals surface area contributed by atoms with Gasteiger partial charge in [0.05, 0.1) is 24.3 Å². The second kappa shape index (κ2) is 10.3. The number of anilines is 2. The Hall–Kier alpha value is -3.52. The van der Waals surface area contributed by atoms with Crippen LogP contribution in [0.2, 0.25) is 0 Å². The maximum atomic E-state index is 12.3. The van der Waals surface area contributed by atoms with Gasteiger partial charge in [-0.15, -0.1) is 11.3 Å². The van der Waals surface area contributed by atoms with E-state index in [0.29, 0.717) is 34.2 Å². The Morgan fingerprint density at radius 3 is 2.40 bits per heavy atom. The monoisotopic (exact) mass is 423 g/mol. The van der Waals surface area contributed by atoms with Crippen molar-refractivity contribution in [2.75, 3.05) is 17.2 Å². The lowest BCUT2D eigenvalue weighted by Crippen LogP contribution is -2.15. The van der Waals surface area contributed by atoms with E-state index in [1.54, 1.807) is 53.9 Å². The van der Waals surface area contributed by atoms with Gasteiger partial charge in [0.25, 0.3) is 5.91 Å². The quantitative estimate of drug-likeness (QED) is 0.531. The summed E-state index contributed by atoms with van der Waals surface area (Å²) in [7, 11) is 0. The minimum Gasteiger partial charge on any atom is -0.462 e. The number of ether oxygens (including phenoxy) is 1. The second-order valence-corrected chi connectivity index (χ2v) is 7.26. The Kier molecular flexibility index (Phi) is 7.29. The minimum atomic E-state index is -0.387. The number of hydrogen-bond acceptors (Lipinski definition) is 6. The number of carbonyl (C=O) groups is 3. The van der Waals surface area contributed by atoms with Gasteiger partial charge in [0.2, 0.25) is 5.91 Å². The number of nitrogens with one attached hydrogen (secondary N) is 2. The van der Waals surface area contributed by atoms with Crippen LogP contribution < -0.4 is 10.6 Å². The van der Waals surface area contributed by atoms with E-state index in [0.717, 1.165) is 6.42 Å². The average molecular weight is 423 g/mol. The van der Waals surface area contributed by atoms with Crippen molar-refractivity contribution in [3.63, 3.8) is 0 Å². The van der Waals surface area contributed by atoms with Crippen LogP contribution in [0.15, 0.2) is 60.0 Å². The van der Waals surface area contributed by atoms with E-state index in [2.05, 4.69) is 15.6 Å². The molecule has 2 aromatic carbocycles. The molecule has 0 aliphatic rings. The number of esters is 1. The number of rotatable bonds is 8. The van der Waals surface area contributed by atoms with Gasteiger partial charge in [-0.1, -0.05) is 25.1 Å². The lowest BCUT2D eigenvalue weighted by atomic mass is 10.2. The first-order valence-corrected chi connectivity index (χ1v) is 10.3. The van der Waals surface area contributed by atoms with Crippen molar-refractivity contribution in [1.29, 1.82) is 0 Å². The highest BCUT2D eigenvalue weighted by Gasteiger charge is 2.12. The third-order valence-electron chi connectivity index (χ3n) is 3.99. The van der Waals surface area contributed by atoms with Crippen LogP contribution in [0.3, 0.4) is 0 Å². The highest BCUT2D eigenvalue weighted by atomic mass is 32.1. The summed E-state index contributed by atoms with van der Waals surface area (Å²) in [4.78, 5) is 40.5. The van der Waals surface area contributed by atoms with Crippen LogP contribution in [0.5, 0.6) is 0 Å². The fourth-order valence-electron chi connectivity index (χ4n) is 2.54. The Morgan fingerprint density at radius 1 is 0.967 bits per heavy atom. The van der Waals surface area contributed by atoms with Crippen molar-refractivity contribution in [1.82, 2.24) is 4.98 Å². The van der Waals surface area contributed by atoms with Gasteiger partial charge in [0, 0.05) is 16.6 Å². The normalized spacial score (nSPS) is 10.3. The highest BCUT2D eigenvalue weighted by molar-refractivity contribution is 7.14. The van der Waals surface area contributed by atoms with Crippen LogP contribution in [0.1, 0.15) is 39.8 Å². The maximum Gasteiger partial charge on any atom is 0.338 e. The maximum absolute atomic E-state index is 12.3. The third kappa shape index (κ3) is 5.99. The summed E-state index contributed by atoms with van der Waals surface area (Å²) in [5, 5.41) is 7.65. The second-order valence-electron chi connectivity index (χ2n) is 6.40. The molecule has 0 atom stereocenters. The zero-order valence-electron chi connectivity index (χ0n) is 16.4. The molecule has 1 aromatic heterocycles. The molecule has 0 fully saturated rings. The molecule has 154 valence electrons. The van der Waals surface area contributed by atoms with Gasteiger partial charge < -0.3 is 10.1 Å². The summed E-state index contributed by atoms with van der Waals surface area (Å²) in [6, 6.07) is 15.3. The number of thiazole rings is 1. The smallest absolute Gasteiger partial charge is 0.338 e. The molecule has 0 aliphatic heterocycles. The van der Waals surface area contributed by atoms with E-state index >= 15 is 0 Å². The number of benzene rings is 2. The molecule has 0 saturated heterocycles. The van der Waals surface area contributed by atoms with Crippen molar-refractivity contribution >= 4 is 39.9 Å². The van der Waals surface area contributed by atoms with Gasteiger partial charge in [-0.05, 0) is 42.8 Å². The number of nitrogens with zero attached hydrogens (tertiary/aromatic N) is 1. The molecule has 3 aromatic rings. The van der Waals surface area contributed by atoms with E-state index in [1.165, 1.54) is 11.3 Å². The molecule has 0 aliphatic carbocycles. The largest absolute Gasteiger partial charge is 0.462 e. The van der Waals surface area contributed by atoms with Crippen molar-refractivity contribution in [2.45, 2.75) is 19.8 Å². The van der Waals surface area contributed by atoms with Crippen LogP contribution in [0.4, 0.5) is 10.8 Å². The first kappa shape index (κ1) is 21.2. The Morgan fingerprint density at radius 2 is 1.70 bits per heavy atom. The fourth-order valence-corrected chi connectivity index (χ4v) is 3.25. The van der Waals surface area contributed by atoms with Crippen LogP contribution >= 0.6 is 11.3 Å². The summed E-state index contributed by atoms with van der Waals surface area (Å²) in [6.45, 7) is 2.30. The van der Waals surface area contributed by atoms with Gasteiger partial charge in [0.15, 0.2) is 5.13 Å². The molecule has 0 saturated carbocycles. The molecule has 0 bridgehead atoms. The number of aromatic nitrogens is 1. The lowest BCUT2D eigenvalue weighted by Gasteiger charge is -2.06. The number of amides is 2. The SMILES string of the molecule is CCCOC(=O)c1ccc(NC(=O)Cc2csc(NC(=O)c3ccccc3)n2)cc1. The molecule has 0 radical (unpaired) electrons. The first-order valence-electron chi connectivity index (χ1n) is 9.43. The molecule has 3 rings (SSSR count). The average Bonchev–Trinajstić information content (AvgIpc) is 3.19. The number of carbonyl (C=O) groups excluding carboxylic acids is 3. The molecule has 30 heavy (non-hydrogen) atoms. The van der Waals surface area contributed by atoms with Gasteiger partial charge in [-0.3, -0.25) is 14.9 Å². The minimum absolute atomic E-state index is 0.0675. The first-order chi connectivity index (χ1) is 14.5. The fraction of sp³-hybridized carbons (Fsp3) is 0.182. The van der Waals surface area contributed by atoms with Gasteiger partial charge in [0.1, 0.15) is 0 Å². The Balaban J connectivity index is 1.52. The molecule has 0 spiro atoms. The van der Waals surface area contributed by atoms with Crippen LogP contribution in [0.25, 0.3) is 0 Å². The lowest BCUT2D eigenvalue weighted by molar-refractivity contribution is -0.115. The Bertz CT molecular complexity index is 1020. The molecular weight excluding hydrogens is 402 g/mol. The van der Waals surface area contributed by atoms with Gasteiger partial charge in [-0.2, -0.15) is 0 Å². The van der Waals surface area contributed by atoms with E-state index in [9.17, 15) is 14.4 Å². The predicted octanol–water partition coefficient (Wildman–Crippen LogP) is 4.14. The summed E-state index contributed by atoms with van der Waals surface area (Å²) < 4.78 is 5.07. The Labute approximate surface area is 178 Å². The molecule has 2 N–H and O–H groups in total. The predicted molar refractivity (Wildman–Crippen MR) is 116 cm³/mol. The molecule has 2 amide bonds. The van der Waals surface area contributed by atoms with E-state index in [1.807, 2.05) is 13.0 Å². The van der Waals surface area contributed by atoms with Crippen molar-refractivity contribution in [3.8, 4) is 0 Å². The molecule has 7 nitrogen and oxygen atoms in total. The summed E-state index contributed by atoms with van der Waals surface area (Å²) in [5.41, 5.74) is 2.09. The standard InChI is InChI=1S/C22H21N3O4S/c1-2-12-29-21(28)16-8-10-17(11-9-16)23-19(26)13-18-14-30-22(24-18)25-20(27)15-6-4-3-5-7-15/h3-11,14H,2,12-13H2,1H3,(H,23,26)(H,24,25,27). The van der Waals surface area contributed by atoms with Crippen LogP contribution in [-0.2, 0) is 16.0 Å². The van der Waals surface area contributed by atoms with E-state index < -0.39 is 0 Å². The van der Waals surface area contributed by atoms with Crippen molar-refractivity contribution < 1.29 is 19.1 Å². The third-order valence-corrected chi connectivity index (χ3v) is 4.80. The van der Waals surface area contributed by atoms with Crippen molar-refractivity contribution in [3.05, 3.63) is 76.8 Å². The van der Waals surface area contributed by atoms with E-state index in [4.69, 9.17) is 4.74 Å². The van der Waals surface area contributed by atoms with Crippen molar-refractivity contribution in [2.24, 2.45) is 0 Å². The topological polar surface area (TPSA) is 97.4 Å². The highest BCUT2D eigenvalue weighted by Crippen LogP contribution is 2.18. The van der Waals surface area contributed by atoms with E-state index in [-0.39, 0.29) is 24.2 Å². The summed E-state index contributed by atoms with van der Waals surface area (Å²) in [6.07, 6.45) is 0.826. The summed E-state index contributed by atoms with van der Waals surface area (Å²) >= 11 is 1.26. The van der Waals surface area contributed by atoms with Gasteiger partial charge in [-0.25, -0.2) is 9.78 Å². The molecular formula is C22H21N3O4S. The zero-order chi connectivity index (χ0) is 21.3. The molecule has 8 heteroatoms. The number of hydrogen-bond donors (Lipinski definition) is 2. The zero-order valence-corrected chi connectivity index (χ0v) is 17.2. The summed E-state index contributed by atoms with van der Waals surface area (Å²) in [5.74, 6) is -0.886. The van der Waals surface area contributed by atoms with Gasteiger partial charge >= 0.3 is 5.97 Å². The molecule has 1 heterocycles. The molecule has 0 unspecified atom stereocenters. The van der Waals surface area contributed by atoms with Crippen LogP contribution in [0, 0.1) is 0 Å².